The Labute approximate surface area is 250 Å². The average Bonchev–Trinajstić information content (AvgIpc) is 3.02. The molecule has 2 fully saturated rings. The van der Waals surface area contributed by atoms with E-state index < -0.39 is 11.6 Å². The van der Waals surface area contributed by atoms with E-state index in [2.05, 4.69) is 19.1 Å². The molecule has 0 radical (unpaired) electrons. The normalized spacial score (nSPS) is 22.9. The fourth-order valence-corrected chi connectivity index (χ4v) is 7.31. The van der Waals surface area contributed by atoms with E-state index in [9.17, 15) is 8.78 Å². The Hall–Kier alpha value is -3.01. The highest BCUT2D eigenvalue weighted by molar-refractivity contribution is 5.71. The molecular formula is C38H45F3O. The molecule has 4 heteroatoms. The smallest absolute Gasteiger partial charge is 0.201 e. The summed E-state index contributed by atoms with van der Waals surface area (Å²) in [6, 6.07) is 15.8. The summed E-state index contributed by atoms with van der Waals surface area (Å²) in [6.07, 6.45) is 17.8. The zero-order valence-corrected chi connectivity index (χ0v) is 25.2. The van der Waals surface area contributed by atoms with Gasteiger partial charge < -0.3 is 4.74 Å². The second kappa shape index (κ2) is 14.4. The summed E-state index contributed by atoms with van der Waals surface area (Å²) < 4.78 is 49.9. The Morgan fingerprint density at radius 1 is 0.738 bits per heavy atom. The summed E-state index contributed by atoms with van der Waals surface area (Å²) in [5, 5.41) is 0. The van der Waals surface area contributed by atoms with E-state index in [1.54, 1.807) is 24.3 Å². The molecule has 0 amide bonds. The third-order valence-corrected chi connectivity index (χ3v) is 9.79. The van der Waals surface area contributed by atoms with E-state index in [0.29, 0.717) is 18.6 Å². The Kier molecular flexibility index (Phi) is 10.5. The average molecular weight is 575 g/mol. The van der Waals surface area contributed by atoms with Gasteiger partial charge in [0, 0.05) is 5.56 Å². The number of allylic oxidation sites excluding steroid dienone is 2. The van der Waals surface area contributed by atoms with E-state index in [0.717, 1.165) is 47.3 Å². The van der Waals surface area contributed by atoms with Crippen LogP contribution in [0.5, 0.6) is 5.75 Å². The van der Waals surface area contributed by atoms with Gasteiger partial charge in [0.2, 0.25) is 5.82 Å². The number of benzene rings is 3. The molecular weight excluding hydrogens is 529 g/mol. The molecule has 0 N–H and O–H groups in total. The van der Waals surface area contributed by atoms with Crippen LogP contribution in [-0.4, -0.2) is 6.61 Å². The van der Waals surface area contributed by atoms with E-state index in [1.165, 1.54) is 57.4 Å². The van der Waals surface area contributed by atoms with E-state index in [4.69, 9.17) is 4.74 Å². The van der Waals surface area contributed by atoms with Gasteiger partial charge in [0.1, 0.15) is 5.82 Å². The molecule has 1 nitrogen and oxygen atoms in total. The first-order chi connectivity index (χ1) is 20.5. The summed E-state index contributed by atoms with van der Waals surface area (Å²) >= 11 is 0. The molecule has 2 aliphatic carbocycles. The summed E-state index contributed by atoms with van der Waals surface area (Å²) in [6.45, 7) is 4.35. The van der Waals surface area contributed by atoms with Gasteiger partial charge in [-0.05, 0) is 129 Å². The van der Waals surface area contributed by atoms with Crippen molar-refractivity contribution in [3.8, 4) is 28.0 Å². The fraction of sp³-hybridized carbons (Fsp3) is 0.474. The van der Waals surface area contributed by atoms with Crippen LogP contribution in [0.4, 0.5) is 13.2 Å². The summed E-state index contributed by atoms with van der Waals surface area (Å²) in [5.74, 6) is 0.743. The minimum absolute atomic E-state index is 0.0721. The van der Waals surface area contributed by atoms with Crippen LogP contribution in [0, 0.1) is 35.2 Å². The summed E-state index contributed by atoms with van der Waals surface area (Å²) in [5.41, 5.74) is 3.21. The molecule has 3 aromatic rings. The first-order valence-electron chi connectivity index (χ1n) is 16.1. The maximum Gasteiger partial charge on any atom is 0.201 e. The first-order valence-corrected chi connectivity index (χ1v) is 16.1. The lowest BCUT2D eigenvalue weighted by molar-refractivity contribution is 0.156. The van der Waals surface area contributed by atoms with Crippen molar-refractivity contribution in [3.05, 3.63) is 89.8 Å². The van der Waals surface area contributed by atoms with E-state index >= 15 is 4.39 Å². The molecule has 0 aromatic heterocycles. The molecule has 3 aromatic carbocycles. The van der Waals surface area contributed by atoms with Gasteiger partial charge >= 0.3 is 0 Å². The zero-order valence-electron chi connectivity index (χ0n) is 25.2. The molecule has 0 spiro atoms. The van der Waals surface area contributed by atoms with Crippen LogP contribution in [0.2, 0.25) is 0 Å². The maximum atomic E-state index is 15.4. The Bertz CT molecular complexity index is 1330. The van der Waals surface area contributed by atoms with Crippen LogP contribution in [0.1, 0.15) is 96.0 Å². The van der Waals surface area contributed by atoms with Crippen LogP contribution in [0.3, 0.4) is 0 Å². The van der Waals surface area contributed by atoms with Crippen molar-refractivity contribution < 1.29 is 17.9 Å². The number of rotatable bonds is 10. The second-order valence-corrected chi connectivity index (χ2v) is 12.4. The van der Waals surface area contributed by atoms with E-state index in [-0.39, 0.29) is 23.0 Å². The molecule has 2 saturated carbocycles. The monoisotopic (exact) mass is 574 g/mol. The lowest BCUT2D eigenvalue weighted by atomic mass is 9.68. The highest BCUT2D eigenvalue weighted by Gasteiger charge is 2.32. The Balaban J connectivity index is 1.17. The van der Waals surface area contributed by atoms with Crippen LogP contribution < -0.4 is 4.74 Å². The third-order valence-electron chi connectivity index (χ3n) is 9.79. The number of hydrogen-bond acceptors (Lipinski definition) is 1. The van der Waals surface area contributed by atoms with Crippen molar-refractivity contribution in [2.75, 3.05) is 6.61 Å². The number of halogens is 3. The van der Waals surface area contributed by atoms with Crippen LogP contribution in [0.25, 0.3) is 22.3 Å². The predicted molar refractivity (Wildman–Crippen MR) is 167 cm³/mol. The van der Waals surface area contributed by atoms with Crippen molar-refractivity contribution in [2.24, 2.45) is 17.8 Å². The molecule has 0 atom stereocenters. The molecule has 2 aliphatic rings. The summed E-state index contributed by atoms with van der Waals surface area (Å²) in [7, 11) is 0. The molecule has 0 aliphatic heterocycles. The molecule has 0 bridgehead atoms. The lowest BCUT2D eigenvalue weighted by Gasteiger charge is -2.38. The SMILES string of the molecule is CC=CCCC1CCC(C2CCC(c3ccc(-c4ccc(-c5ccc(OCCC)c(F)c5F)cc4)cc3F)CC2)CC1. The first kappa shape index (κ1) is 30.4. The molecule has 42 heavy (non-hydrogen) atoms. The number of ether oxygens (including phenoxy) is 1. The van der Waals surface area contributed by atoms with Crippen molar-refractivity contribution >= 4 is 0 Å². The molecule has 0 saturated heterocycles. The fourth-order valence-electron chi connectivity index (χ4n) is 7.31. The van der Waals surface area contributed by atoms with E-state index in [1.807, 2.05) is 31.2 Å². The van der Waals surface area contributed by atoms with Crippen molar-refractivity contribution in [1.82, 2.24) is 0 Å². The Morgan fingerprint density at radius 3 is 2.02 bits per heavy atom. The highest BCUT2D eigenvalue weighted by Crippen LogP contribution is 2.45. The maximum absolute atomic E-state index is 15.4. The highest BCUT2D eigenvalue weighted by atomic mass is 19.2. The molecule has 5 rings (SSSR count). The van der Waals surface area contributed by atoms with Gasteiger partial charge in [-0.1, -0.05) is 68.3 Å². The quantitative estimate of drug-likeness (QED) is 0.219. The van der Waals surface area contributed by atoms with Crippen molar-refractivity contribution in [2.45, 2.75) is 90.4 Å². The molecule has 0 unspecified atom stereocenters. The number of hydrogen-bond donors (Lipinski definition) is 0. The van der Waals surface area contributed by atoms with Crippen molar-refractivity contribution in [1.29, 1.82) is 0 Å². The zero-order chi connectivity index (χ0) is 29.5. The van der Waals surface area contributed by atoms with Gasteiger partial charge in [0.05, 0.1) is 6.61 Å². The second-order valence-electron chi connectivity index (χ2n) is 12.4. The minimum atomic E-state index is -0.972. The molecule has 0 heterocycles. The molecule has 224 valence electrons. The van der Waals surface area contributed by atoms with Gasteiger partial charge in [0.15, 0.2) is 11.6 Å². The predicted octanol–water partition coefficient (Wildman–Crippen LogP) is 11.7. The lowest BCUT2D eigenvalue weighted by Crippen LogP contribution is -2.25. The van der Waals surface area contributed by atoms with Crippen molar-refractivity contribution in [3.63, 3.8) is 0 Å². The topological polar surface area (TPSA) is 9.23 Å². The van der Waals surface area contributed by atoms with Gasteiger partial charge in [-0.3, -0.25) is 0 Å². The third kappa shape index (κ3) is 7.13. The van der Waals surface area contributed by atoms with Crippen LogP contribution in [0.15, 0.2) is 66.7 Å². The standard InChI is InChI=1S/C38H45F3O/c1-3-5-6-7-26-8-10-27(11-9-26)28-12-16-30(17-13-28)33-21-20-32(25-35(33)39)29-14-18-31(19-15-29)34-22-23-36(42-24-4-2)38(41)37(34)40/h3,5,14-15,18-23,25-28,30H,4,6-13,16-17,24H2,1-2H3. The van der Waals surface area contributed by atoms with Crippen LogP contribution >= 0.6 is 0 Å². The Morgan fingerprint density at radius 2 is 1.38 bits per heavy atom. The largest absolute Gasteiger partial charge is 0.490 e. The summed E-state index contributed by atoms with van der Waals surface area (Å²) in [4.78, 5) is 0. The van der Waals surface area contributed by atoms with Crippen LogP contribution in [-0.2, 0) is 0 Å². The van der Waals surface area contributed by atoms with Gasteiger partial charge in [-0.2, -0.15) is 4.39 Å². The van der Waals surface area contributed by atoms with Gasteiger partial charge in [-0.15, -0.1) is 0 Å². The minimum Gasteiger partial charge on any atom is -0.490 e. The van der Waals surface area contributed by atoms with Gasteiger partial charge in [-0.25, -0.2) is 8.78 Å². The van der Waals surface area contributed by atoms with Gasteiger partial charge in [0.25, 0.3) is 0 Å².